The normalized spacial score (nSPS) is 12.1. The predicted molar refractivity (Wildman–Crippen MR) is 73.6 cm³/mol. The van der Waals surface area contributed by atoms with Crippen LogP contribution >= 0.6 is 0 Å². The molecule has 0 aliphatic heterocycles. The fourth-order valence-electron chi connectivity index (χ4n) is 2.00. The first-order valence-electron chi connectivity index (χ1n) is 6.32. The van der Waals surface area contributed by atoms with E-state index in [2.05, 4.69) is 10.3 Å². The molecule has 1 unspecified atom stereocenters. The van der Waals surface area contributed by atoms with Crippen molar-refractivity contribution in [2.24, 2.45) is 0 Å². The zero-order chi connectivity index (χ0) is 13.5. The molecule has 0 saturated carbocycles. The van der Waals surface area contributed by atoms with Crippen LogP contribution < -0.4 is 5.32 Å². The second kappa shape index (κ2) is 6.85. The van der Waals surface area contributed by atoms with Crippen molar-refractivity contribution in [1.29, 1.82) is 0 Å². The van der Waals surface area contributed by atoms with E-state index >= 15 is 0 Å². The van der Waals surface area contributed by atoms with Crippen LogP contribution in [0.1, 0.15) is 17.9 Å². The molecule has 0 aliphatic carbocycles. The molecule has 3 nitrogen and oxygen atoms in total. The van der Waals surface area contributed by atoms with Gasteiger partial charge in [-0.2, -0.15) is 4.39 Å². The van der Waals surface area contributed by atoms with Gasteiger partial charge < -0.3 is 10.4 Å². The minimum absolute atomic E-state index is 0.123. The van der Waals surface area contributed by atoms with Gasteiger partial charge in [0.05, 0.1) is 0 Å². The number of benzene rings is 1. The summed E-state index contributed by atoms with van der Waals surface area (Å²) in [5.41, 5.74) is 1.15. The molecule has 0 fully saturated rings. The van der Waals surface area contributed by atoms with Crippen LogP contribution in [-0.2, 0) is 0 Å². The van der Waals surface area contributed by atoms with Crippen LogP contribution in [0.15, 0.2) is 48.5 Å². The summed E-state index contributed by atoms with van der Waals surface area (Å²) in [5.74, 6) is 0.193. The number of pyridine rings is 1. The highest BCUT2D eigenvalue weighted by atomic mass is 19.1. The Labute approximate surface area is 112 Å². The summed E-state index contributed by atoms with van der Waals surface area (Å²) < 4.78 is 13.0. The Balaban J connectivity index is 2.01. The highest BCUT2D eigenvalue weighted by Crippen LogP contribution is 2.19. The van der Waals surface area contributed by atoms with E-state index in [9.17, 15) is 4.39 Å². The van der Waals surface area contributed by atoms with E-state index in [4.69, 9.17) is 5.11 Å². The fraction of sp³-hybridized carbons (Fsp3) is 0.267. The largest absolute Gasteiger partial charge is 0.396 e. The molecule has 100 valence electrons. The molecule has 0 aliphatic rings. The van der Waals surface area contributed by atoms with Gasteiger partial charge in [-0.15, -0.1) is 0 Å². The van der Waals surface area contributed by atoms with Gasteiger partial charge in [-0.05, 0) is 24.1 Å². The van der Waals surface area contributed by atoms with Crippen molar-refractivity contribution >= 4 is 5.82 Å². The molecule has 19 heavy (non-hydrogen) atoms. The summed E-state index contributed by atoms with van der Waals surface area (Å²) in [6.45, 7) is 0.735. The van der Waals surface area contributed by atoms with E-state index < -0.39 is 5.95 Å². The van der Waals surface area contributed by atoms with Crippen molar-refractivity contribution in [1.82, 2.24) is 4.98 Å². The van der Waals surface area contributed by atoms with Gasteiger partial charge in [-0.1, -0.05) is 36.4 Å². The van der Waals surface area contributed by atoms with Crippen LogP contribution in [0.25, 0.3) is 0 Å². The molecule has 0 bridgehead atoms. The van der Waals surface area contributed by atoms with Crippen LogP contribution in [0, 0.1) is 5.95 Å². The Morgan fingerprint density at radius 1 is 1.11 bits per heavy atom. The van der Waals surface area contributed by atoms with Crippen LogP contribution in [0.5, 0.6) is 0 Å². The number of hydrogen-bond donors (Lipinski definition) is 2. The van der Waals surface area contributed by atoms with Crippen molar-refractivity contribution in [2.45, 2.75) is 12.3 Å². The number of aromatic nitrogens is 1. The fourth-order valence-corrected chi connectivity index (χ4v) is 2.00. The number of rotatable bonds is 6. The summed E-state index contributed by atoms with van der Waals surface area (Å²) in [4.78, 5) is 3.76. The van der Waals surface area contributed by atoms with Gasteiger partial charge in [0.1, 0.15) is 5.82 Å². The molecule has 0 saturated heterocycles. The third-order valence-corrected chi connectivity index (χ3v) is 2.99. The SMILES string of the molecule is OCCC(CNc1cccc(F)n1)c1ccccc1. The van der Waals surface area contributed by atoms with Crippen LogP contribution in [0.2, 0.25) is 0 Å². The average molecular weight is 260 g/mol. The van der Waals surface area contributed by atoms with E-state index in [1.54, 1.807) is 12.1 Å². The smallest absolute Gasteiger partial charge is 0.214 e. The number of aliphatic hydroxyl groups is 1. The highest BCUT2D eigenvalue weighted by molar-refractivity contribution is 5.34. The first-order chi connectivity index (χ1) is 9.29. The number of nitrogens with one attached hydrogen (secondary N) is 1. The summed E-state index contributed by atoms with van der Waals surface area (Å²) in [6, 6.07) is 14.6. The van der Waals surface area contributed by atoms with E-state index in [1.807, 2.05) is 30.3 Å². The van der Waals surface area contributed by atoms with Crippen molar-refractivity contribution in [2.75, 3.05) is 18.5 Å². The molecule has 1 heterocycles. The van der Waals surface area contributed by atoms with Crippen molar-refractivity contribution in [3.05, 3.63) is 60.0 Å². The van der Waals surface area contributed by atoms with E-state index in [1.165, 1.54) is 6.07 Å². The van der Waals surface area contributed by atoms with E-state index in [0.717, 1.165) is 5.56 Å². The first-order valence-corrected chi connectivity index (χ1v) is 6.32. The molecule has 2 N–H and O–H groups in total. The Morgan fingerprint density at radius 3 is 2.58 bits per heavy atom. The van der Waals surface area contributed by atoms with Crippen LogP contribution in [0.3, 0.4) is 0 Å². The first kappa shape index (κ1) is 13.5. The second-order valence-corrected chi connectivity index (χ2v) is 4.35. The van der Waals surface area contributed by atoms with Gasteiger partial charge in [0, 0.05) is 19.1 Å². The van der Waals surface area contributed by atoms with Crippen LogP contribution in [-0.4, -0.2) is 23.2 Å². The van der Waals surface area contributed by atoms with Crippen molar-refractivity contribution in [3.8, 4) is 0 Å². The third-order valence-electron chi connectivity index (χ3n) is 2.99. The van der Waals surface area contributed by atoms with Gasteiger partial charge in [-0.3, -0.25) is 0 Å². The summed E-state index contributed by atoms with van der Waals surface area (Å²) in [7, 11) is 0. The van der Waals surface area contributed by atoms with Crippen molar-refractivity contribution < 1.29 is 9.50 Å². The number of anilines is 1. The van der Waals surface area contributed by atoms with Crippen LogP contribution in [0.4, 0.5) is 10.2 Å². The maximum absolute atomic E-state index is 13.0. The molecule has 1 atom stereocenters. The molecule has 1 aromatic heterocycles. The number of aliphatic hydroxyl groups excluding tert-OH is 1. The molecule has 0 radical (unpaired) electrons. The zero-order valence-corrected chi connectivity index (χ0v) is 10.6. The van der Waals surface area contributed by atoms with Gasteiger partial charge in [0.25, 0.3) is 0 Å². The third kappa shape index (κ3) is 4.03. The monoisotopic (exact) mass is 260 g/mol. The number of halogens is 1. The van der Waals surface area contributed by atoms with E-state index in [0.29, 0.717) is 18.8 Å². The molecule has 0 spiro atoms. The molecule has 0 amide bonds. The average Bonchev–Trinajstić information content (AvgIpc) is 2.44. The Kier molecular flexibility index (Phi) is 4.86. The van der Waals surface area contributed by atoms with Gasteiger partial charge >= 0.3 is 0 Å². The molecule has 2 rings (SSSR count). The Hall–Kier alpha value is -1.94. The lowest BCUT2D eigenvalue weighted by Gasteiger charge is -2.17. The maximum atomic E-state index is 13.0. The summed E-state index contributed by atoms with van der Waals surface area (Å²) in [5, 5.41) is 12.2. The molecule has 2 aromatic rings. The zero-order valence-electron chi connectivity index (χ0n) is 10.6. The maximum Gasteiger partial charge on any atom is 0.214 e. The molecular weight excluding hydrogens is 243 g/mol. The van der Waals surface area contributed by atoms with Crippen molar-refractivity contribution in [3.63, 3.8) is 0 Å². The van der Waals surface area contributed by atoms with E-state index in [-0.39, 0.29) is 12.5 Å². The van der Waals surface area contributed by atoms with Gasteiger partial charge in [-0.25, -0.2) is 4.98 Å². The lowest BCUT2D eigenvalue weighted by atomic mass is 9.96. The summed E-state index contributed by atoms with van der Waals surface area (Å²) in [6.07, 6.45) is 0.659. The Morgan fingerprint density at radius 2 is 1.89 bits per heavy atom. The Bertz CT molecular complexity index is 505. The minimum atomic E-state index is -0.497. The second-order valence-electron chi connectivity index (χ2n) is 4.35. The highest BCUT2D eigenvalue weighted by Gasteiger charge is 2.10. The lowest BCUT2D eigenvalue weighted by Crippen LogP contribution is -2.15. The predicted octanol–water partition coefficient (Wildman–Crippen LogP) is 2.80. The number of hydrogen-bond acceptors (Lipinski definition) is 3. The quantitative estimate of drug-likeness (QED) is 0.785. The minimum Gasteiger partial charge on any atom is -0.396 e. The summed E-state index contributed by atoms with van der Waals surface area (Å²) >= 11 is 0. The number of nitrogens with zero attached hydrogens (tertiary/aromatic N) is 1. The van der Waals surface area contributed by atoms with Gasteiger partial charge in [0.15, 0.2) is 0 Å². The molecule has 4 heteroatoms. The topological polar surface area (TPSA) is 45.1 Å². The molecule has 1 aromatic carbocycles. The van der Waals surface area contributed by atoms with Gasteiger partial charge in [0.2, 0.25) is 5.95 Å². The standard InChI is InChI=1S/C15H17FN2O/c16-14-7-4-8-15(18-14)17-11-13(9-10-19)12-5-2-1-3-6-12/h1-8,13,19H,9-11H2,(H,17,18). The lowest BCUT2D eigenvalue weighted by molar-refractivity contribution is 0.277. The molecular formula is C15H17FN2O.